The van der Waals surface area contributed by atoms with Crippen molar-refractivity contribution in [1.29, 1.82) is 0 Å². The van der Waals surface area contributed by atoms with Crippen molar-refractivity contribution in [3.8, 4) is 0 Å². The van der Waals surface area contributed by atoms with Gasteiger partial charge in [0.1, 0.15) is 0 Å². The summed E-state index contributed by atoms with van der Waals surface area (Å²) >= 11 is 5.60. The summed E-state index contributed by atoms with van der Waals surface area (Å²) in [4.78, 5) is 2.27. The Kier molecular flexibility index (Phi) is 4.50. The summed E-state index contributed by atoms with van der Waals surface area (Å²) in [5.41, 5.74) is -0.390. The second kappa shape index (κ2) is 5.18. The van der Waals surface area contributed by atoms with Crippen molar-refractivity contribution in [3.05, 3.63) is 0 Å². The van der Waals surface area contributed by atoms with E-state index in [9.17, 15) is 5.11 Å². The molecule has 1 saturated heterocycles. The lowest BCUT2D eigenvalue weighted by atomic mass is 9.87. The van der Waals surface area contributed by atoms with Crippen LogP contribution in [0.2, 0.25) is 0 Å². The highest BCUT2D eigenvalue weighted by atomic mass is 35.5. The van der Waals surface area contributed by atoms with Gasteiger partial charge in [-0.15, -0.1) is 11.6 Å². The number of unbranched alkanes of at least 4 members (excludes halogenated alkanes) is 1. The van der Waals surface area contributed by atoms with Crippen LogP contribution < -0.4 is 0 Å². The molecule has 2 nitrogen and oxygen atoms in total. The molecule has 1 fully saturated rings. The Labute approximate surface area is 85.9 Å². The Hall–Kier alpha value is 0.210. The van der Waals surface area contributed by atoms with Gasteiger partial charge in [0, 0.05) is 19.0 Å². The van der Waals surface area contributed by atoms with Crippen LogP contribution in [0.15, 0.2) is 0 Å². The maximum atomic E-state index is 10.1. The van der Waals surface area contributed by atoms with Crippen molar-refractivity contribution in [2.45, 2.75) is 37.7 Å². The maximum absolute atomic E-state index is 10.1. The molecule has 0 aliphatic carbocycles. The zero-order valence-electron chi connectivity index (χ0n) is 8.43. The Morgan fingerprint density at radius 3 is 2.46 bits per heavy atom. The molecule has 0 atom stereocenters. The number of piperidine rings is 1. The molecule has 1 aliphatic rings. The van der Waals surface area contributed by atoms with Crippen LogP contribution in [-0.4, -0.2) is 41.6 Å². The number of aliphatic hydroxyl groups is 1. The number of rotatable bonds is 4. The molecule has 3 heteroatoms. The van der Waals surface area contributed by atoms with Crippen molar-refractivity contribution in [2.24, 2.45) is 0 Å². The van der Waals surface area contributed by atoms with E-state index in [1.807, 2.05) is 0 Å². The predicted octanol–water partition coefficient (Wildman–Crippen LogP) is 1.85. The highest BCUT2D eigenvalue weighted by Gasteiger charge is 2.29. The van der Waals surface area contributed by atoms with Crippen molar-refractivity contribution in [3.63, 3.8) is 0 Å². The summed E-state index contributed by atoms with van der Waals surface area (Å²) in [6, 6.07) is 0. The zero-order chi connectivity index (χ0) is 9.73. The van der Waals surface area contributed by atoms with Gasteiger partial charge in [-0.05, 0) is 39.2 Å². The third-order valence-electron chi connectivity index (χ3n) is 2.94. The molecule has 0 saturated carbocycles. The number of hydrogen-bond acceptors (Lipinski definition) is 2. The summed E-state index contributed by atoms with van der Waals surface area (Å²) in [5.74, 6) is 0.718. The van der Waals surface area contributed by atoms with E-state index >= 15 is 0 Å². The molecule has 0 spiro atoms. The first-order valence-electron chi connectivity index (χ1n) is 5.13. The quantitative estimate of drug-likeness (QED) is 0.560. The molecule has 0 unspecified atom stereocenters. The molecule has 1 rings (SSSR count). The third-order valence-corrected chi connectivity index (χ3v) is 3.21. The van der Waals surface area contributed by atoms with Gasteiger partial charge in [-0.3, -0.25) is 0 Å². The van der Waals surface area contributed by atoms with E-state index in [-0.39, 0.29) is 0 Å². The summed E-state index contributed by atoms with van der Waals surface area (Å²) in [6.45, 7) is 2.05. The molecule has 0 bridgehead atoms. The number of likely N-dealkylation sites (tertiary alicyclic amines) is 1. The number of nitrogens with zero attached hydrogens (tertiary/aromatic N) is 1. The third kappa shape index (κ3) is 3.84. The van der Waals surface area contributed by atoms with E-state index in [0.29, 0.717) is 0 Å². The van der Waals surface area contributed by atoms with Gasteiger partial charge in [-0.1, -0.05) is 0 Å². The maximum Gasteiger partial charge on any atom is 0.0672 e. The minimum absolute atomic E-state index is 0.390. The normalized spacial score (nSPS) is 23.3. The minimum Gasteiger partial charge on any atom is -0.390 e. The van der Waals surface area contributed by atoms with E-state index < -0.39 is 5.60 Å². The topological polar surface area (TPSA) is 23.5 Å². The summed E-state index contributed by atoms with van der Waals surface area (Å²) in [6.07, 6.45) is 4.86. The van der Waals surface area contributed by atoms with Gasteiger partial charge in [-0.2, -0.15) is 0 Å². The van der Waals surface area contributed by atoms with Gasteiger partial charge in [0.05, 0.1) is 5.60 Å². The monoisotopic (exact) mass is 205 g/mol. The van der Waals surface area contributed by atoms with E-state index in [0.717, 1.165) is 51.1 Å². The molecule has 0 radical (unpaired) electrons. The summed E-state index contributed by atoms with van der Waals surface area (Å²) in [7, 11) is 2.11. The SMILES string of the molecule is CN1CCC(O)(CCCCCl)CC1. The van der Waals surface area contributed by atoms with Gasteiger partial charge >= 0.3 is 0 Å². The lowest BCUT2D eigenvalue weighted by Gasteiger charge is -2.36. The van der Waals surface area contributed by atoms with Crippen molar-refractivity contribution in [1.82, 2.24) is 4.90 Å². The second-order valence-electron chi connectivity index (χ2n) is 4.17. The Bertz CT molecular complexity index is 144. The molecule has 1 N–H and O–H groups in total. The first-order valence-corrected chi connectivity index (χ1v) is 5.67. The van der Waals surface area contributed by atoms with Crippen molar-refractivity contribution >= 4 is 11.6 Å². The highest BCUT2D eigenvalue weighted by Crippen LogP contribution is 2.26. The molecular weight excluding hydrogens is 186 g/mol. The Morgan fingerprint density at radius 2 is 1.92 bits per heavy atom. The summed E-state index contributed by atoms with van der Waals surface area (Å²) in [5, 5.41) is 10.1. The standard InChI is InChI=1S/C10H20ClNO/c1-12-8-5-10(13,6-9-12)4-2-3-7-11/h13H,2-9H2,1H3. The van der Waals surface area contributed by atoms with Crippen LogP contribution in [-0.2, 0) is 0 Å². The molecule has 0 aromatic heterocycles. The molecule has 78 valence electrons. The molecule has 13 heavy (non-hydrogen) atoms. The minimum atomic E-state index is -0.390. The molecule has 1 aliphatic heterocycles. The van der Waals surface area contributed by atoms with Crippen LogP contribution >= 0.6 is 11.6 Å². The van der Waals surface area contributed by atoms with Crippen LogP contribution in [0.25, 0.3) is 0 Å². The Balaban J connectivity index is 2.22. The number of hydrogen-bond donors (Lipinski definition) is 1. The van der Waals surface area contributed by atoms with Gasteiger partial charge in [0.25, 0.3) is 0 Å². The molecule has 0 aromatic rings. The van der Waals surface area contributed by atoms with Crippen LogP contribution in [0, 0.1) is 0 Å². The van der Waals surface area contributed by atoms with Gasteiger partial charge in [0.15, 0.2) is 0 Å². The van der Waals surface area contributed by atoms with Crippen molar-refractivity contribution < 1.29 is 5.11 Å². The number of alkyl halides is 1. The van der Waals surface area contributed by atoms with Crippen LogP contribution in [0.1, 0.15) is 32.1 Å². The zero-order valence-corrected chi connectivity index (χ0v) is 9.19. The summed E-state index contributed by atoms with van der Waals surface area (Å²) < 4.78 is 0. The molecule has 0 amide bonds. The smallest absolute Gasteiger partial charge is 0.0672 e. The van der Waals surface area contributed by atoms with Gasteiger partial charge < -0.3 is 10.0 Å². The lowest BCUT2D eigenvalue weighted by Crippen LogP contribution is -2.42. The van der Waals surface area contributed by atoms with E-state index in [1.165, 1.54) is 0 Å². The first-order chi connectivity index (χ1) is 6.16. The lowest BCUT2D eigenvalue weighted by molar-refractivity contribution is -0.0237. The molecular formula is C10H20ClNO. The fraction of sp³-hybridized carbons (Fsp3) is 1.00. The van der Waals surface area contributed by atoms with E-state index in [4.69, 9.17) is 11.6 Å². The van der Waals surface area contributed by atoms with Gasteiger partial charge in [-0.25, -0.2) is 0 Å². The largest absolute Gasteiger partial charge is 0.390 e. The van der Waals surface area contributed by atoms with Crippen molar-refractivity contribution in [2.75, 3.05) is 26.0 Å². The fourth-order valence-corrected chi connectivity index (χ4v) is 2.02. The average Bonchev–Trinajstić information content (AvgIpc) is 2.12. The number of halogens is 1. The van der Waals surface area contributed by atoms with E-state index in [2.05, 4.69) is 11.9 Å². The van der Waals surface area contributed by atoms with E-state index in [1.54, 1.807) is 0 Å². The second-order valence-corrected chi connectivity index (χ2v) is 4.55. The average molecular weight is 206 g/mol. The van der Waals surface area contributed by atoms with Crippen LogP contribution in [0.5, 0.6) is 0 Å². The van der Waals surface area contributed by atoms with Gasteiger partial charge in [0.2, 0.25) is 0 Å². The predicted molar refractivity (Wildman–Crippen MR) is 56.3 cm³/mol. The molecule has 1 heterocycles. The van der Waals surface area contributed by atoms with Crippen LogP contribution in [0.4, 0.5) is 0 Å². The fourth-order valence-electron chi connectivity index (χ4n) is 1.83. The highest BCUT2D eigenvalue weighted by molar-refractivity contribution is 6.17. The Morgan fingerprint density at radius 1 is 1.31 bits per heavy atom. The first kappa shape index (κ1) is 11.3. The van der Waals surface area contributed by atoms with Crippen LogP contribution in [0.3, 0.4) is 0 Å². The molecule has 0 aromatic carbocycles.